The SMILES string of the molecule is CCC(ON)c1ccc(C)cc1. The van der Waals surface area contributed by atoms with Crippen molar-refractivity contribution in [3.63, 3.8) is 0 Å². The van der Waals surface area contributed by atoms with E-state index in [2.05, 4.69) is 38.1 Å². The first-order chi connectivity index (χ1) is 5.77. The molecule has 2 N–H and O–H groups in total. The van der Waals surface area contributed by atoms with Crippen LogP contribution in [-0.4, -0.2) is 0 Å². The van der Waals surface area contributed by atoms with E-state index in [4.69, 9.17) is 10.7 Å². The molecule has 0 aliphatic rings. The number of hydrogen-bond acceptors (Lipinski definition) is 2. The van der Waals surface area contributed by atoms with Gasteiger partial charge in [0.2, 0.25) is 0 Å². The zero-order valence-electron chi connectivity index (χ0n) is 7.58. The van der Waals surface area contributed by atoms with Gasteiger partial charge in [0.15, 0.2) is 0 Å². The second-order valence-corrected chi connectivity index (χ2v) is 2.94. The summed E-state index contributed by atoms with van der Waals surface area (Å²) >= 11 is 0. The molecule has 2 nitrogen and oxygen atoms in total. The normalized spacial score (nSPS) is 12.9. The molecule has 0 aromatic heterocycles. The van der Waals surface area contributed by atoms with Crippen molar-refractivity contribution in [3.8, 4) is 0 Å². The summed E-state index contributed by atoms with van der Waals surface area (Å²) in [6.07, 6.45) is 0.935. The molecule has 1 aromatic rings. The van der Waals surface area contributed by atoms with Crippen LogP contribution in [0.1, 0.15) is 30.6 Å². The Kier molecular flexibility index (Phi) is 3.26. The lowest BCUT2D eigenvalue weighted by Gasteiger charge is -2.11. The van der Waals surface area contributed by atoms with Gasteiger partial charge in [-0.1, -0.05) is 36.8 Å². The summed E-state index contributed by atoms with van der Waals surface area (Å²) in [5.74, 6) is 5.15. The molecule has 0 amide bonds. The van der Waals surface area contributed by atoms with Crippen molar-refractivity contribution in [1.82, 2.24) is 0 Å². The molecule has 1 rings (SSSR count). The van der Waals surface area contributed by atoms with Crippen LogP contribution in [0.3, 0.4) is 0 Å². The monoisotopic (exact) mass is 165 g/mol. The van der Waals surface area contributed by atoms with Crippen molar-refractivity contribution < 1.29 is 4.84 Å². The molecule has 1 aromatic carbocycles. The molecule has 2 heteroatoms. The summed E-state index contributed by atoms with van der Waals surface area (Å²) in [5, 5.41) is 0. The predicted octanol–water partition coefficient (Wildman–Crippen LogP) is 2.34. The van der Waals surface area contributed by atoms with Gasteiger partial charge in [0.25, 0.3) is 0 Å². The lowest BCUT2D eigenvalue weighted by Crippen LogP contribution is -2.07. The zero-order chi connectivity index (χ0) is 8.97. The van der Waals surface area contributed by atoms with Crippen molar-refractivity contribution in [3.05, 3.63) is 35.4 Å². The van der Waals surface area contributed by atoms with Crippen molar-refractivity contribution >= 4 is 0 Å². The Balaban J connectivity index is 2.80. The van der Waals surface area contributed by atoms with Gasteiger partial charge in [-0.15, -0.1) is 0 Å². The average Bonchev–Trinajstić information content (AvgIpc) is 2.10. The van der Waals surface area contributed by atoms with Crippen LogP contribution < -0.4 is 5.90 Å². The van der Waals surface area contributed by atoms with Gasteiger partial charge in [-0.05, 0) is 18.9 Å². The highest BCUT2D eigenvalue weighted by atomic mass is 16.6. The fourth-order valence-electron chi connectivity index (χ4n) is 1.19. The highest BCUT2D eigenvalue weighted by Gasteiger charge is 2.06. The van der Waals surface area contributed by atoms with Gasteiger partial charge in [-0.3, -0.25) is 4.84 Å². The molecule has 0 spiro atoms. The van der Waals surface area contributed by atoms with E-state index in [9.17, 15) is 0 Å². The van der Waals surface area contributed by atoms with E-state index >= 15 is 0 Å². The number of hydrogen-bond donors (Lipinski definition) is 1. The lowest BCUT2D eigenvalue weighted by atomic mass is 10.1. The molecular formula is C10H15NO. The summed E-state index contributed by atoms with van der Waals surface area (Å²) in [6.45, 7) is 4.12. The molecule has 0 aliphatic carbocycles. The van der Waals surface area contributed by atoms with Gasteiger partial charge in [0, 0.05) is 0 Å². The Morgan fingerprint density at radius 1 is 1.33 bits per heavy atom. The van der Waals surface area contributed by atoms with E-state index < -0.39 is 0 Å². The van der Waals surface area contributed by atoms with E-state index in [1.54, 1.807) is 0 Å². The van der Waals surface area contributed by atoms with E-state index in [-0.39, 0.29) is 6.10 Å². The summed E-state index contributed by atoms with van der Waals surface area (Å²) in [4.78, 5) is 4.83. The largest absolute Gasteiger partial charge is 0.297 e. The molecule has 66 valence electrons. The Morgan fingerprint density at radius 2 is 1.92 bits per heavy atom. The molecule has 0 fully saturated rings. The Labute approximate surface area is 73.3 Å². The molecule has 1 unspecified atom stereocenters. The molecule has 0 aliphatic heterocycles. The third kappa shape index (κ3) is 2.06. The second-order valence-electron chi connectivity index (χ2n) is 2.94. The number of aryl methyl sites for hydroxylation is 1. The summed E-state index contributed by atoms with van der Waals surface area (Å²) < 4.78 is 0. The minimum absolute atomic E-state index is 0.0330. The molecule has 0 bridgehead atoms. The number of rotatable bonds is 3. The predicted molar refractivity (Wildman–Crippen MR) is 49.5 cm³/mol. The Bertz CT molecular complexity index is 226. The highest BCUT2D eigenvalue weighted by molar-refractivity contribution is 5.23. The topological polar surface area (TPSA) is 35.2 Å². The molecule has 0 radical (unpaired) electrons. The van der Waals surface area contributed by atoms with Gasteiger partial charge >= 0.3 is 0 Å². The van der Waals surface area contributed by atoms with Crippen LogP contribution in [0.15, 0.2) is 24.3 Å². The van der Waals surface area contributed by atoms with Crippen LogP contribution in [0, 0.1) is 6.92 Å². The van der Waals surface area contributed by atoms with Crippen LogP contribution in [-0.2, 0) is 4.84 Å². The highest BCUT2D eigenvalue weighted by Crippen LogP contribution is 2.18. The molecule has 1 atom stereocenters. The smallest absolute Gasteiger partial charge is 0.103 e. The first-order valence-corrected chi connectivity index (χ1v) is 4.20. The maximum atomic E-state index is 5.15. The molecule has 12 heavy (non-hydrogen) atoms. The Morgan fingerprint density at radius 3 is 2.33 bits per heavy atom. The lowest BCUT2D eigenvalue weighted by molar-refractivity contribution is 0.0500. The summed E-state index contributed by atoms with van der Waals surface area (Å²) in [7, 11) is 0. The molecule has 0 saturated carbocycles. The van der Waals surface area contributed by atoms with Gasteiger partial charge in [-0.25, -0.2) is 5.90 Å². The molecule has 0 heterocycles. The van der Waals surface area contributed by atoms with Crippen molar-refractivity contribution in [1.29, 1.82) is 0 Å². The van der Waals surface area contributed by atoms with Crippen LogP contribution >= 0.6 is 0 Å². The summed E-state index contributed by atoms with van der Waals surface area (Å²) in [6, 6.07) is 8.24. The van der Waals surface area contributed by atoms with Crippen LogP contribution in [0.4, 0.5) is 0 Å². The number of benzene rings is 1. The first kappa shape index (κ1) is 9.23. The van der Waals surface area contributed by atoms with E-state index in [1.807, 2.05) is 0 Å². The summed E-state index contributed by atoms with van der Waals surface area (Å²) in [5.41, 5.74) is 2.40. The minimum Gasteiger partial charge on any atom is -0.297 e. The van der Waals surface area contributed by atoms with Crippen LogP contribution in [0.2, 0.25) is 0 Å². The average molecular weight is 165 g/mol. The molecule has 0 saturated heterocycles. The van der Waals surface area contributed by atoms with Crippen LogP contribution in [0.25, 0.3) is 0 Å². The second kappa shape index (κ2) is 4.24. The van der Waals surface area contributed by atoms with Gasteiger partial charge in [0.05, 0.1) is 0 Å². The van der Waals surface area contributed by atoms with E-state index in [1.165, 1.54) is 5.56 Å². The van der Waals surface area contributed by atoms with Gasteiger partial charge in [-0.2, -0.15) is 0 Å². The number of nitrogens with two attached hydrogens (primary N) is 1. The quantitative estimate of drug-likeness (QED) is 0.698. The van der Waals surface area contributed by atoms with Crippen molar-refractivity contribution in [2.75, 3.05) is 0 Å². The van der Waals surface area contributed by atoms with Crippen LogP contribution in [0.5, 0.6) is 0 Å². The standard InChI is InChI=1S/C10H15NO/c1-3-10(12-11)9-6-4-8(2)5-7-9/h4-7,10H,3,11H2,1-2H3. The molecular weight excluding hydrogens is 150 g/mol. The first-order valence-electron chi connectivity index (χ1n) is 4.20. The zero-order valence-corrected chi connectivity index (χ0v) is 7.58. The fourth-order valence-corrected chi connectivity index (χ4v) is 1.19. The van der Waals surface area contributed by atoms with Crippen molar-refractivity contribution in [2.24, 2.45) is 5.90 Å². The Hall–Kier alpha value is -0.860. The maximum absolute atomic E-state index is 5.15. The third-order valence-electron chi connectivity index (χ3n) is 1.98. The van der Waals surface area contributed by atoms with Crippen molar-refractivity contribution in [2.45, 2.75) is 26.4 Å². The van der Waals surface area contributed by atoms with E-state index in [0.717, 1.165) is 12.0 Å². The maximum Gasteiger partial charge on any atom is 0.103 e. The van der Waals surface area contributed by atoms with Gasteiger partial charge in [0.1, 0.15) is 6.10 Å². The third-order valence-corrected chi connectivity index (χ3v) is 1.98. The fraction of sp³-hybridized carbons (Fsp3) is 0.400. The van der Waals surface area contributed by atoms with E-state index in [0.29, 0.717) is 0 Å². The van der Waals surface area contributed by atoms with Gasteiger partial charge < -0.3 is 0 Å². The minimum atomic E-state index is 0.0330.